The molecule has 20 saturated carbocycles. The van der Waals surface area contributed by atoms with Crippen molar-refractivity contribution in [2.75, 3.05) is 65.0 Å². The Morgan fingerprint density at radius 3 is 0.712 bits per heavy atom. The van der Waals surface area contributed by atoms with E-state index >= 15 is 0 Å². The molecule has 12 heteroatoms. The maximum Gasteiger partial charge on any atom is 0.0882 e. The van der Waals surface area contributed by atoms with Crippen LogP contribution in [-0.2, 0) is 14.2 Å². The summed E-state index contributed by atoms with van der Waals surface area (Å²) < 4.78 is 15.9. The van der Waals surface area contributed by atoms with Gasteiger partial charge in [-0.3, -0.25) is 0 Å². The van der Waals surface area contributed by atoms with Gasteiger partial charge >= 0.3 is 0 Å². The number of rotatable bonds is 15. The average Bonchev–Trinajstić information content (AvgIpc) is 1.66. The highest BCUT2D eigenvalue weighted by Gasteiger charge is 2.65. The van der Waals surface area contributed by atoms with Gasteiger partial charge < -0.3 is 50.0 Å². The van der Waals surface area contributed by atoms with Crippen LogP contribution in [0.4, 0.5) is 0 Å². The van der Waals surface area contributed by atoms with Gasteiger partial charge in [0.2, 0.25) is 0 Å². The number of ether oxygens (including phenoxy) is 3. The van der Waals surface area contributed by atoms with Crippen LogP contribution < -0.4 is 0 Å². The zero-order valence-electron chi connectivity index (χ0n) is 81.2. The molecule has 0 aliphatic heterocycles. The molecule has 40 atom stereocenters. The van der Waals surface area contributed by atoms with Crippen LogP contribution in [0.2, 0.25) is 0 Å². The number of alkyl halides is 2. The second kappa shape index (κ2) is 38.3. The molecule has 0 spiro atoms. The van der Waals surface area contributed by atoms with Crippen LogP contribution in [0, 0.1) is 205 Å². The standard InChI is InChI=1S/C23H37BrO2.C23H38O3.C23H38O2.C22H35BrO.C22H36O2/c2*1-15(13-24)20-6-7-21-19-5-4-16-12-23(25,14-26-3)11-9-17(16)18(19)8-10-22(20,21)2;1-15(2)20-7-8-21-19-6-5-16-13-23(24,14-25-4)12-10-17(16)18(19)9-11-22(20,21)3;2*1-14(13-23)19-6-7-20-18-5-4-15-12-21(2,24)10-8-16(15)17(18)9-11-22(19,20)3/h16-21,25H,1,4-14H2,2-3H3;16-21,24-25H,1,4-14H2,2-3H3;16-21,24H,1,5-14H2,2-4H3;15-20,24H,1,4-13H2,2-3H3;15-20,23-24H,1,4-13H2,2-3H3/t3*16-,17-,18+,19+,20+,21-,22+,23-;2*15-,16-,17+,18+,19+,20-,21-,22+/m00000/s1. The Morgan fingerprint density at radius 1 is 0.264 bits per heavy atom. The third-order valence-electron chi connectivity index (χ3n) is 45.3. The first-order valence-corrected chi connectivity index (χ1v) is 55.5. The van der Waals surface area contributed by atoms with Crippen molar-refractivity contribution < 1.29 is 50.0 Å². The van der Waals surface area contributed by atoms with E-state index in [2.05, 4.69) is 120 Å². The molecule has 0 bridgehead atoms. The monoisotopic (exact) mass is 1860 g/mol. The van der Waals surface area contributed by atoms with Gasteiger partial charge in [0.25, 0.3) is 0 Å². The molecule has 0 amide bonds. The van der Waals surface area contributed by atoms with Crippen molar-refractivity contribution in [1.82, 2.24) is 0 Å². The zero-order chi connectivity index (χ0) is 89.1. The van der Waals surface area contributed by atoms with E-state index in [1.165, 1.54) is 241 Å². The Kier molecular flexibility index (Phi) is 29.8. The summed E-state index contributed by atoms with van der Waals surface area (Å²) in [6.07, 6.45) is 56.9. The fraction of sp³-hybridized carbons (Fsp3) is 0.912. The molecule has 20 fully saturated rings. The average molecular weight is 1860 g/mol. The molecule has 0 radical (unpaired) electrons. The van der Waals surface area contributed by atoms with Gasteiger partial charge in [0.15, 0.2) is 0 Å². The highest BCUT2D eigenvalue weighted by atomic mass is 79.9. The van der Waals surface area contributed by atoms with E-state index in [1.54, 1.807) is 21.3 Å². The molecule has 10 nitrogen and oxygen atoms in total. The van der Waals surface area contributed by atoms with E-state index in [4.69, 9.17) is 14.2 Å². The van der Waals surface area contributed by atoms with Gasteiger partial charge in [-0.15, -0.1) is 0 Å². The molecule has 0 aromatic carbocycles. The zero-order valence-corrected chi connectivity index (χ0v) is 84.4. The number of aliphatic hydroxyl groups excluding tert-OH is 2. The van der Waals surface area contributed by atoms with Gasteiger partial charge in [-0.05, 0) is 525 Å². The smallest absolute Gasteiger partial charge is 0.0882 e. The van der Waals surface area contributed by atoms with Crippen LogP contribution in [-0.4, -0.2) is 129 Å². The summed E-state index contributed by atoms with van der Waals surface area (Å²) in [6, 6.07) is 0. The highest BCUT2D eigenvalue weighted by molar-refractivity contribution is 9.09. The van der Waals surface area contributed by atoms with Gasteiger partial charge in [0, 0.05) is 32.0 Å². The topological polar surface area (TPSA) is 169 Å². The number of methoxy groups -OCH3 is 3. The van der Waals surface area contributed by atoms with Crippen molar-refractivity contribution in [3.8, 4) is 0 Å². The first-order valence-electron chi connectivity index (χ1n) is 53.2. The minimum Gasteiger partial charge on any atom is -0.392 e. The summed E-state index contributed by atoms with van der Waals surface area (Å²) in [5, 5.41) is 74.8. The molecule has 20 aliphatic rings. The number of hydrogen-bond donors (Lipinski definition) is 7. The van der Waals surface area contributed by atoms with Crippen molar-refractivity contribution in [2.45, 2.75) is 372 Å². The molecular weight excluding hydrogens is 1680 g/mol. The summed E-state index contributed by atoms with van der Waals surface area (Å²) in [4.78, 5) is 0. The lowest BCUT2D eigenvalue weighted by atomic mass is 9.48. The first-order chi connectivity index (χ1) is 59.4. The van der Waals surface area contributed by atoms with Crippen LogP contribution in [0.5, 0.6) is 0 Å². The summed E-state index contributed by atoms with van der Waals surface area (Å²) in [5.41, 5.74) is 6.25. The quantitative estimate of drug-likeness (QED) is 0.0619. The Labute approximate surface area is 779 Å². The van der Waals surface area contributed by atoms with Gasteiger partial charge in [-0.2, -0.15) is 0 Å². The summed E-state index contributed by atoms with van der Waals surface area (Å²) in [6.45, 7) is 42.6. The molecule has 0 aromatic heterocycles. The maximum atomic E-state index is 10.9. The predicted octanol–water partition coefficient (Wildman–Crippen LogP) is 25.5. The van der Waals surface area contributed by atoms with E-state index in [9.17, 15) is 35.7 Å². The Bertz CT molecular complexity index is 3550. The van der Waals surface area contributed by atoms with Gasteiger partial charge in [0.05, 0.1) is 61.0 Å². The molecule has 0 heterocycles. The number of aliphatic hydroxyl groups is 7. The summed E-state index contributed by atoms with van der Waals surface area (Å²) in [5.74, 6) is 24.9. The van der Waals surface area contributed by atoms with E-state index in [0.29, 0.717) is 64.6 Å². The second-order valence-corrected chi connectivity index (χ2v) is 52.4. The lowest BCUT2D eigenvalue weighted by Gasteiger charge is -2.57. The van der Waals surface area contributed by atoms with Crippen LogP contribution in [0.15, 0.2) is 60.8 Å². The molecule has 125 heavy (non-hydrogen) atoms. The van der Waals surface area contributed by atoms with Crippen molar-refractivity contribution in [1.29, 1.82) is 0 Å². The molecule has 20 aliphatic carbocycles. The van der Waals surface area contributed by atoms with Gasteiger partial charge in [-0.25, -0.2) is 0 Å². The van der Waals surface area contributed by atoms with E-state index in [0.717, 1.165) is 246 Å². The van der Waals surface area contributed by atoms with Crippen molar-refractivity contribution in [3.05, 3.63) is 60.8 Å². The Hall–Kier alpha value is -0.740. The van der Waals surface area contributed by atoms with Crippen molar-refractivity contribution >= 4 is 31.9 Å². The number of fused-ring (bicyclic) bond motifs is 25. The molecule has 0 saturated heterocycles. The van der Waals surface area contributed by atoms with Crippen LogP contribution in [0.3, 0.4) is 0 Å². The maximum absolute atomic E-state index is 10.9. The number of allylic oxidation sites excluding steroid dienone is 3. The minimum absolute atomic E-state index is 0.157. The van der Waals surface area contributed by atoms with Gasteiger partial charge in [-0.1, -0.05) is 116 Å². The number of hydrogen-bond acceptors (Lipinski definition) is 10. The Morgan fingerprint density at radius 2 is 0.480 bits per heavy atom. The largest absolute Gasteiger partial charge is 0.392 e. The Balaban J connectivity index is 0.000000115. The predicted molar refractivity (Wildman–Crippen MR) is 518 cm³/mol. The normalized spacial score (nSPS) is 52.2. The summed E-state index contributed by atoms with van der Waals surface area (Å²) in [7, 11) is 5.15. The SMILES string of the molecule is C=C(C)[C@H]1CC[C@H]2[C@@H]3CC[C@H]4C[C@](O)(COC)CC[C@@H]4[C@H]3CC[C@]12C.C=C(CBr)[C@H]1CC[C@H]2[C@@H]3CC[C@H]4C[C@@](C)(O)CC[C@@H]4[C@H]3CC[C@]12C.C=C(CBr)[C@H]1CC[C@H]2[C@@H]3CC[C@H]4C[C@](O)(COC)CC[C@@H]4[C@H]3CC[C@]12C.C=C(CO)[C@H]1CC[C@H]2[C@@H]3CC[C@H]4C[C@@](C)(O)CC[C@@H]4[C@H]3CC[C@]12C.C=C(CO)[C@H]1CC[C@H]2[C@@H]3CC[C@H]4C[C@](O)(COC)CC[C@@H]4[C@H]3CC[C@]12C. The molecule has 0 unspecified atom stereocenters. The lowest BCUT2D eigenvalue weighted by molar-refractivity contribution is -0.123. The second-order valence-electron chi connectivity index (χ2n) is 51.3. The third kappa shape index (κ3) is 18.4. The third-order valence-corrected chi connectivity index (χ3v) is 46.8. The van der Waals surface area contributed by atoms with Crippen LogP contribution in [0.25, 0.3) is 0 Å². The van der Waals surface area contributed by atoms with E-state index < -0.39 is 22.4 Å². The fourth-order valence-corrected chi connectivity index (χ4v) is 40.9. The molecule has 20 rings (SSSR count). The fourth-order valence-electron chi connectivity index (χ4n) is 40.1. The van der Waals surface area contributed by atoms with Crippen molar-refractivity contribution in [3.63, 3.8) is 0 Å². The first kappa shape index (κ1) is 97.3. The van der Waals surface area contributed by atoms with E-state index in [1.807, 2.05) is 0 Å². The molecular formula is C113H184Br2O10. The highest BCUT2D eigenvalue weighted by Crippen LogP contribution is 2.73. The van der Waals surface area contributed by atoms with E-state index in [-0.39, 0.29) is 18.8 Å². The van der Waals surface area contributed by atoms with Gasteiger partial charge in [0.1, 0.15) is 0 Å². The lowest BCUT2D eigenvalue weighted by Crippen LogP contribution is -2.52. The van der Waals surface area contributed by atoms with Crippen molar-refractivity contribution in [2.24, 2.45) is 205 Å². The van der Waals surface area contributed by atoms with Crippen LogP contribution >= 0.6 is 31.9 Å². The minimum atomic E-state index is -0.580. The van der Waals surface area contributed by atoms with Crippen LogP contribution in [0.1, 0.15) is 344 Å². The molecule has 7 N–H and O–H groups in total. The molecule has 710 valence electrons. The number of halogens is 2. The molecule has 0 aromatic rings. The summed E-state index contributed by atoms with van der Waals surface area (Å²) >= 11 is 7.34.